The monoisotopic (exact) mass is 322 g/mol. The zero-order valence-electron chi connectivity index (χ0n) is 12.6. The second-order valence-electron chi connectivity index (χ2n) is 4.99. The van der Waals surface area contributed by atoms with Crippen LogP contribution in [0.5, 0.6) is 5.75 Å². The Labute approximate surface area is 136 Å². The molecule has 0 N–H and O–H groups in total. The number of alkyl halides is 1. The van der Waals surface area contributed by atoms with Gasteiger partial charge in [-0.3, -0.25) is 0 Å². The van der Waals surface area contributed by atoms with Gasteiger partial charge in [0.2, 0.25) is 0 Å². The molecule has 0 aliphatic carbocycles. The molecule has 2 aromatic carbocycles. The van der Waals surface area contributed by atoms with Gasteiger partial charge in [0, 0.05) is 10.6 Å². The average Bonchev–Trinajstić information content (AvgIpc) is 2.53. The third kappa shape index (κ3) is 3.53. The smallest absolute Gasteiger partial charge is 0.125 e. The van der Waals surface area contributed by atoms with E-state index < -0.39 is 0 Å². The molecule has 0 saturated carbocycles. The summed E-state index contributed by atoms with van der Waals surface area (Å²) in [5.74, 6) is 0.728. The second kappa shape index (κ2) is 7.20. The van der Waals surface area contributed by atoms with Crippen molar-refractivity contribution in [3.8, 4) is 5.75 Å². The van der Waals surface area contributed by atoms with Crippen LogP contribution in [0.3, 0.4) is 0 Å². The highest BCUT2D eigenvalue weighted by molar-refractivity contribution is 6.30. The summed E-state index contributed by atoms with van der Waals surface area (Å²) in [7, 11) is 1.64. The Hall–Kier alpha value is -1.18. The van der Waals surface area contributed by atoms with Gasteiger partial charge < -0.3 is 4.74 Å². The molecular formula is C18H20Cl2O. The molecule has 0 aliphatic heterocycles. The molecule has 0 radical (unpaired) electrons. The lowest BCUT2D eigenvalue weighted by Gasteiger charge is -2.18. The number of benzene rings is 2. The second-order valence-corrected chi connectivity index (χ2v) is 5.86. The van der Waals surface area contributed by atoms with Crippen LogP contribution in [0.1, 0.15) is 41.5 Å². The number of aryl methyl sites for hydroxylation is 2. The van der Waals surface area contributed by atoms with E-state index in [0.29, 0.717) is 5.02 Å². The van der Waals surface area contributed by atoms with Crippen molar-refractivity contribution in [2.45, 2.75) is 32.1 Å². The lowest BCUT2D eigenvalue weighted by Crippen LogP contribution is -2.02. The van der Waals surface area contributed by atoms with Gasteiger partial charge in [0.15, 0.2) is 0 Å². The summed E-state index contributed by atoms with van der Waals surface area (Å²) in [6, 6.07) is 12.1. The molecule has 1 unspecified atom stereocenters. The van der Waals surface area contributed by atoms with Gasteiger partial charge in [-0.2, -0.15) is 0 Å². The lowest BCUT2D eigenvalue weighted by atomic mass is 9.94. The van der Waals surface area contributed by atoms with Gasteiger partial charge in [-0.15, -0.1) is 11.6 Å². The fraction of sp³-hybridized carbons (Fsp3) is 0.333. The molecule has 0 saturated heterocycles. The summed E-state index contributed by atoms with van der Waals surface area (Å²) in [5, 5.41) is 0.413. The highest BCUT2D eigenvalue weighted by Gasteiger charge is 2.19. The maximum Gasteiger partial charge on any atom is 0.125 e. The summed E-state index contributed by atoms with van der Waals surface area (Å²) < 4.78 is 5.43. The first-order valence-electron chi connectivity index (χ1n) is 7.19. The molecule has 2 rings (SSSR count). The maximum atomic E-state index is 6.76. The molecule has 0 aromatic heterocycles. The van der Waals surface area contributed by atoms with Gasteiger partial charge in [0.05, 0.1) is 12.5 Å². The van der Waals surface area contributed by atoms with Crippen LogP contribution in [-0.2, 0) is 12.8 Å². The van der Waals surface area contributed by atoms with Crippen molar-refractivity contribution in [3.05, 3.63) is 63.7 Å². The molecule has 21 heavy (non-hydrogen) atoms. The molecule has 112 valence electrons. The van der Waals surface area contributed by atoms with Crippen molar-refractivity contribution in [2.75, 3.05) is 7.11 Å². The first kappa shape index (κ1) is 16.2. The van der Waals surface area contributed by atoms with E-state index in [-0.39, 0.29) is 5.38 Å². The summed E-state index contributed by atoms with van der Waals surface area (Å²) in [5.41, 5.74) is 4.66. The van der Waals surface area contributed by atoms with E-state index in [0.717, 1.165) is 29.7 Å². The molecule has 2 aromatic rings. The Kier molecular flexibility index (Phi) is 5.55. The van der Waals surface area contributed by atoms with Crippen molar-refractivity contribution < 1.29 is 4.74 Å². The molecule has 0 spiro atoms. The molecule has 0 fully saturated rings. The number of rotatable bonds is 5. The van der Waals surface area contributed by atoms with E-state index >= 15 is 0 Å². The van der Waals surface area contributed by atoms with E-state index in [1.165, 1.54) is 11.1 Å². The molecular weight excluding hydrogens is 303 g/mol. The van der Waals surface area contributed by atoms with E-state index in [4.69, 9.17) is 27.9 Å². The zero-order chi connectivity index (χ0) is 15.4. The molecule has 0 heterocycles. The third-order valence-corrected chi connectivity index (χ3v) is 4.45. The van der Waals surface area contributed by atoms with Crippen LogP contribution in [0.2, 0.25) is 5.02 Å². The van der Waals surface area contributed by atoms with Crippen molar-refractivity contribution in [2.24, 2.45) is 0 Å². The summed E-state index contributed by atoms with van der Waals surface area (Å²) in [6.45, 7) is 4.30. The van der Waals surface area contributed by atoms with Gasteiger partial charge in [0.1, 0.15) is 5.75 Å². The quantitative estimate of drug-likeness (QED) is 0.632. The SMILES string of the molecule is CCc1ccc(CC)c(C(Cl)c2ccc(Cl)cc2OC)c1. The molecule has 0 bridgehead atoms. The fourth-order valence-corrected chi connectivity index (χ4v) is 3.03. The summed E-state index contributed by atoms with van der Waals surface area (Å²) in [4.78, 5) is 0. The van der Waals surface area contributed by atoms with Crippen LogP contribution in [0.4, 0.5) is 0 Å². The minimum Gasteiger partial charge on any atom is -0.496 e. The molecule has 3 heteroatoms. The molecule has 0 amide bonds. The average molecular weight is 323 g/mol. The minimum absolute atomic E-state index is 0.237. The van der Waals surface area contributed by atoms with Crippen molar-refractivity contribution >= 4 is 23.2 Å². The third-order valence-electron chi connectivity index (χ3n) is 3.74. The van der Waals surface area contributed by atoms with Gasteiger partial charge >= 0.3 is 0 Å². The topological polar surface area (TPSA) is 9.23 Å². The molecule has 1 atom stereocenters. The van der Waals surface area contributed by atoms with Gasteiger partial charge in [0.25, 0.3) is 0 Å². The van der Waals surface area contributed by atoms with Gasteiger partial charge in [-0.25, -0.2) is 0 Å². The Morgan fingerprint density at radius 1 is 1.00 bits per heavy atom. The number of halogens is 2. The van der Waals surface area contributed by atoms with Crippen molar-refractivity contribution in [1.29, 1.82) is 0 Å². The van der Waals surface area contributed by atoms with Crippen LogP contribution in [0.15, 0.2) is 36.4 Å². The number of methoxy groups -OCH3 is 1. The van der Waals surface area contributed by atoms with Crippen molar-refractivity contribution in [3.63, 3.8) is 0 Å². The number of ether oxygens (including phenoxy) is 1. The Balaban J connectivity index is 2.50. The first-order chi connectivity index (χ1) is 10.1. The lowest BCUT2D eigenvalue weighted by molar-refractivity contribution is 0.410. The van der Waals surface area contributed by atoms with E-state index in [1.54, 1.807) is 7.11 Å². The fourth-order valence-electron chi connectivity index (χ4n) is 2.48. The predicted molar refractivity (Wildman–Crippen MR) is 90.9 cm³/mol. The van der Waals surface area contributed by atoms with Crippen LogP contribution in [0.25, 0.3) is 0 Å². The van der Waals surface area contributed by atoms with E-state index in [9.17, 15) is 0 Å². The van der Waals surface area contributed by atoms with Gasteiger partial charge in [-0.1, -0.05) is 49.7 Å². The molecule has 1 nitrogen and oxygen atoms in total. The molecule has 0 aliphatic rings. The maximum absolute atomic E-state index is 6.76. The summed E-state index contributed by atoms with van der Waals surface area (Å²) >= 11 is 12.8. The minimum atomic E-state index is -0.237. The van der Waals surface area contributed by atoms with E-state index in [1.807, 2.05) is 18.2 Å². The largest absolute Gasteiger partial charge is 0.496 e. The van der Waals surface area contributed by atoms with Crippen LogP contribution < -0.4 is 4.74 Å². The van der Waals surface area contributed by atoms with E-state index in [2.05, 4.69) is 32.0 Å². The van der Waals surface area contributed by atoms with Gasteiger partial charge in [-0.05, 0) is 41.7 Å². The standard InChI is InChI=1S/C18H20Cl2O/c1-4-12-6-7-13(5-2)16(10-12)18(20)15-9-8-14(19)11-17(15)21-3/h6-11,18H,4-5H2,1-3H3. The predicted octanol–water partition coefficient (Wildman–Crippen LogP) is 5.80. The zero-order valence-corrected chi connectivity index (χ0v) is 14.1. The number of hydrogen-bond acceptors (Lipinski definition) is 1. The van der Waals surface area contributed by atoms with Crippen LogP contribution in [0, 0.1) is 0 Å². The van der Waals surface area contributed by atoms with Crippen LogP contribution >= 0.6 is 23.2 Å². The normalized spacial score (nSPS) is 12.2. The highest BCUT2D eigenvalue weighted by atomic mass is 35.5. The Morgan fingerprint density at radius 2 is 1.76 bits per heavy atom. The summed E-state index contributed by atoms with van der Waals surface area (Å²) in [6.07, 6.45) is 1.96. The Bertz CT molecular complexity index is 623. The number of hydrogen-bond donors (Lipinski definition) is 0. The van der Waals surface area contributed by atoms with Crippen molar-refractivity contribution in [1.82, 2.24) is 0 Å². The van der Waals surface area contributed by atoms with Crippen LogP contribution in [-0.4, -0.2) is 7.11 Å². The first-order valence-corrected chi connectivity index (χ1v) is 8.01. The Morgan fingerprint density at radius 3 is 2.38 bits per heavy atom. The highest BCUT2D eigenvalue weighted by Crippen LogP contribution is 2.38.